The Morgan fingerprint density at radius 1 is 1.43 bits per heavy atom. The minimum absolute atomic E-state index is 0.327. The third-order valence-electron chi connectivity index (χ3n) is 3.30. The molecule has 21 heavy (non-hydrogen) atoms. The summed E-state index contributed by atoms with van der Waals surface area (Å²) < 4.78 is 8.72. The number of carbonyl (C=O) groups excluding carboxylic acids is 1. The number of nitrogens with one attached hydrogen (secondary N) is 1. The van der Waals surface area contributed by atoms with Crippen molar-refractivity contribution in [2.45, 2.75) is 19.9 Å². The lowest BCUT2D eigenvalue weighted by molar-refractivity contribution is 0.0524. The van der Waals surface area contributed by atoms with Crippen molar-refractivity contribution in [2.24, 2.45) is 14.1 Å². The quantitative estimate of drug-likeness (QED) is 0.599. The molecule has 0 fully saturated rings. The number of nitrogens with zero attached hydrogens (tertiary/aromatic N) is 4. The lowest BCUT2D eigenvalue weighted by Crippen LogP contribution is -2.21. The summed E-state index contributed by atoms with van der Waals surface area (Å²) in [5.74, 6) is 0.699. The molecule has 0 aliphatic carbocycles. The van der Waals surface area contributed by atoms with Crippen molar-refractivity contribution < 1.29 is 9.53 Å². The van der Waals surface area contributed by atoms with Crippen LogP contribution in [0.4, 0.5) is 0 Å². The molecule has 2 aromatic rings. The van der Waals surface area contributed by atoms with Crippen molar-refractivity contribution >= 4 is 5.97 Å². The monoisotopic (exact) mass is 291 g/mol. The molecule has 2 heterocycles. The summed E-state index contributed by atoms with van der Waals surface area (Å²) in [6.45, 7) is 3.49. The fraction of sp³-hybridized carbons (Fsp3) is 0.500. The molecule has 0 spiro atoms. The molecule has 0 aliphatic rings. The number of hydrogen-bond donors (Lipinski definition) is 1. The lowest BCUT2D eigenvalue weighted by atomic mass is 10.2. The maximum atomic E-state index is 11.8. The maximum absolute atomic E-state index is 11.8. The Balaban J connectivity index is 1.89. The van der Waals surface area contributed by atoms with E-state index >= 15 is 0 Å². The Bertz CT molecular complexity index is 602. The van der Waals surface area contributed by atoms with E-state index in [2.05, 4.69) is 15.4 Å². The number of aromatic nitrogens is 4. The Kier molecular flexibility index (Phi) is 5.10. The Hall–Kier alpha value is -2.15. The van der Waals surface area contributed by atoms with E-state index in [0.29, 0.717) is 18.7 Å². The molecule has 0 saturated heterocycles. The number of hydrogen-bond acceptors (Lipinski definition) is 5. The normalized spacial score (nSPS) is 10.8. The summed E-state index contributed by atoms with van der Waals surface area (Å²) in [4.78, 5) is 16.1. The second kappa shape index (κ2) is 7.03. The van der Waals surface area contributed by atoms with Crippen LogP contribution in [0.2, 0.25) is 0 Å². The van der Waals surface area contributed by atoms with Gasteiger partial charge in [0.1, 0.15) is 11.4 Å². The third-order valence-corrected chi connectivity index (χ3v) is 3.30. The summed E-state index contributed by atoms with van der Waals surface area (Å²) in [5, 5.41) is 7.43. The van der Waals surface area contributed by atoms with Gasteiger partial charge >= 0.3 is 5.97 Å². The van der Waals surface area contributed by atoms with Crippen LogP contribution in [0.5, 0.6) is 0 Å². The van der Waals surface area contributed by atoms with Gasteiger partial charge in [-0.25, -0.2) is 9.78 Å². The predicted molar refractivity (Wildman–Crippen MR) is 77.8 cm³/mol. The highest BCUT2D eigenvalue weighted by molar-refractivity contribution is 5.90. The van der Waals surface area contributed by atoms with Crippen LogP contribution < -0.4 is 5.32 Å². The topological polar surface area (TPSA) is 74.0 Å². The molecule has 114 valence electrons. The third kappa shape index (κ3) is 3.69. The molecular weight excluding hydrogens is 270 g/mol. The van der Waals surface area contributed by atoms with Gasteiger partial charge in [0.2, 0.25) is 0 Å². The molecule has 7 nitrogen and oxygen atoms in total. The molecule has 0 unspecified atom stereocenters. The molecular formula is C14H21N5O2. The largest absolute Gasteiger partial charge is 0.462 e. The standard InChI is InChI=1S/C14H21N5O2/c1-4-21-14(20)11-9-17-19(3)12(11)10-15-6-5-13-16-7-8-18(13)2/h7-9,15H,4-6,10H2,1-3H3. The van der Waals surface area contributed by atoms with Gasteiger partial charge in [-0.2, -0.15) is 5.10 Å². The van der Waals surface area contributed by atoms with Gasteiger partial charge in [0.15, 0.2) is 0 Å². The number of ether oxygens (including phenoxy) is 1. The molecule has 0 amide bonds. The highest BCUT2D eigenvalue weighted by Crippen LogP contribution is 2.09. The summed E-state index contributed by atoms with van der Waals surface area (Å²) in [7, 11) is 3.79. The van der Waals surface area contributed by atoms with E-state index in [4.69, 9.17) is 4.74 Å². The van der Waals surface area contributed by atoms with Crippen molar-refractivity contribution in [2.75, 3.05) is 13.2 Å². The fourth-order valence-electron chi connectivity index (χ4n) is 2.10. The van der Waals surface area contributed by atoms with Gasteiger partial charge in [0.25, 0.3) is 0 Å². The zero-order valence-corrected chi connectivity index (χ0v) is 12.7. The summed E-state index contributed by atoms with van der Waals surface area (Å²) in [6.07, 6.45) is 6.09. The first-order chi connectivity index (χ1) is 10.1. The summed E-state index contributed by atoms with van der Waals surface area (Å²) in [6, 6.07) is 0. The molecule has 2 aromatic heterocycles. The molecule has 0 radical (unpaired) electrons. The minimum atomic E-state index is -0.327. The molecule has 0 aliphatic heterocycles. The second-order valence-corrected chi connectivity index (χ2v) is 4.73. The molecule has 0 saturated carbocycles. The number of carbonyl (C=O) groups is 1. The number of imidazole rings is 1. The van der Waals surface area contributed by atoms with Gasteiger partial charge in [-0.3, -0.25) is 4.68 Å². The van der Waals surface area contributed by atoms with E-state index in [0.717, 1.165) is 24.5 Å². The van der Waals surface area contributed by atoms with Crippen LogP contribution in [-0.2, 0) is 31.8 Å². The van der Waals surface area contributed by atoms with E-state index in [1.807, 2.05) is 24.9 Å². The van der Waals surface area contributed by atoms with Crippen molar-refractivity contribution in [3.05, 3.63) is 35.7 Å². The van der Waals surface area contributed by atoms with Gasteiger partial charge in [0, 0.05) is 46.0 Å². The Morgan fingerprint density at radius 3 is 2.90 bits per heavy atom. The predicted octanol–water partition coefficient (Wildman–Crippen LogP) is 0.663. The Labute approximate surface area is 123 Å². The lowest BCUT2D eigenvalue weighted by Gasteiger charge is -2.08. The highest BCUT2D eigenvalue weighted by atomic mass is 16.5. The van der Waals surface area contributed by atoms with Crippen molar-refractivity contribution in [1.29, 1.82) is 0 Å². The van der Waals surface area contributed by atoms with E-state index in [1.54, 1.807) is 24.0 Å². The first-order valence-electron chi connectivity index (χ1n) is 6.98. The maximum Gasteiger partial charge on any atom is 0.341 e. The second-order valence-electron chi connectivity index (χ2n) is 4.73. The molecule has 1 N–H and O–H groups in total. The van der Waals surface area contributed by atoms with Gasteiger partial charge in [-0.15, -0.1) is 0 Å². The van der Waals surface area contributed by atoms with Crippen LogP contribution in [0.25, 0.3) is 0 Å². The zero-order valence-electron chi connectivity index (χ0n) is 12.7. The highest BCUT2D eigenvalue weighted by Gasteiger charge is 2.16. The molecule has 7 heteroatoms. The van der Waals surface area contributed by atoms with Crippen LogP contribution in [0.15, 0.2) is 18.6 Å². The SMILES string of the molecule is CCOC(=O)c1cnn(C)c1CNCCc1nccn1C. The van der Waals surface area contributed by atoms with E-state index < -0.39 is 0 Å². The molecule has 0 bridgehead atoms. The first kappa shape index (κ1) is 15.2. The van der Waals surface area contributed by atoms with Gasteiger partial charge in [-0.05, 0) is 6.92 Å². The van der Waals surface area contributed by atoms with E-state index in [-0.39, 0.29) is 5.97 Å². The molecule has 0 aromatic carbocycles. The summed E-state index contributed by atoms with van der Waals surface area (Å²) >= 11 is 0. The summed E-state index contributed by atoms with van der Waals surface area (Å²) in [5.41, 5.74) is 1.34. The van der Waals surface area contributed by atoms with Gasteiger partial charge in [0.05, 0.1) is 18.5 Å². The zero-order chi connectivity index (χ0) is 15.2. The van der Waals surface area contributed by atoms with Crippen LogP contribution >= 0.6 is 0 Å². The van der Waals surface area contributed by atoms with E-state index in [9.17, 15) is 4.79 Å². The smallest absolute Gasteiger partial charge is 0.341 e. The number of rotatable bonds is 7. The number of esters is 1. The van der Waals surface area contributed by atoms with Crippen LogP contribution in [0.1, 0.15) is 28.8 Å². The van der Waals surface area contributed by atoms with Crippen molar-refractivity contribution in [3.63, 3.8) is 0 Å². The average molecular weight is 291 g/mol. The molecule has 2 rings (SSSR count). The van der Waals surface area contributed by atoms with Crippen LogP contribution in [0, 0.1) is 0 Å². The van der Waals surface area contributed by atoms with Gasteiger partial charge in [-0.1, -0.05) is 0 Å². The minimum Gasteiger partial charge on any atom is -0.462 e. The molecule has 0 atom stereocenters. The Morgan fingerprint density at radius 2 is 2.24 bits per heavy atom. The average Bonchev–Trinajstić information content (AvgIpc) is 3.02. The van der Waals surface area contributed by atoms with Crippen LogP contribution in [-0.4, -0.2) is 38.5 Å². The first-order valence-corrected chi connectivity index (χ1v) is 6.98. The number of aryl methyl sites for hydroxylation is 2. The van der Waals surface area contributed by atoms with E-state index in [1.165, 1.54) is 0 Å². The van der Waals surface area contributed by atoms with Gasteiger partial charge < -0.3 is 14.6 Å². The van der Waals surface area contributed by atoms with Crippen molar-refractivity contribution in [1.82, 2.24) is 24.6 Å². The van der Waals surface area contributed by atoms with Crippen LogP contribution in [0.3, 0.4) is 0 Å². The fourth-order valence-corrected chi connectivity index (χ4v) is 2.10. The van der Waals surface area contributed by atoms with Crippen molar-refractivity contribution in [3.8, 4) is 0 Å².